The van der Waals surface area contributed by atoms with Crippen LogP contribution in [-0.2, 0) is 4.79 Å². The number of anilines is 2. The van der Waals surface area contributed by atoms with Gasteiger partial charge >= 0.3 is 6.03 Å². The summed E-state index contributed by atoms with van der Waals surface area (Å²) < 4.78 is 17.3. The third-order valence-electron chi connectivity index (χ3n) is 9.54. The molecule has 5 amide bonds. The molecule has 0 spiro atoms. The van der Waals surface area contributed by atoms with Gasteiger partial charge in [0.05, 0.1) is 34.4 Å². The highest BCUT2D eigenvalue weighted by Crippen LogP contribution is 2.32. The number of nitrogens with one attached hydrogen (secondary N) is 1. The number of urea groups is 1. The van der Waals surface area contributed by atoms with Crippen molar-refractivity contribution in [2.24, 2.45) is 5.92 Å². The van der Waals surface area contributed by atoms with E-state index >= 15 is 4.39 Å². The van der Waals surface area contributed by atoms with Gasteiger partial charge in [-0.2, -0.15) is 9.99 Å². The van der Waals surface area contributed by atoms with Gasteiger partial charge in [0, 0.05) is 58.4 Å². The van der Waals surface area contributed by atoms with E-state index in [1.807, 2.05) is 39.8 Å². The summed E-state index contributed by atoms with van der Waals surface area (Å²) in [5.74, 6) is -0.347. The first-order chi connectivity index (χ1) is 22.3. The number of imide groups is 2. The van der Waals surface area contributed by atoms with Crippen molar-refractivity contribution >= 4 is 52.1 Å². The smallest absolute Gasteiger partial charge is 0.343 e. The number of imidazole rings is 1. The van der Waals surface area contributed by atoms with Gasteiger partial charge in [-0.05, 0) is 49.1 Å². The number of aromatic nitrogens is 3. The van der Waals surface area contributed by atoms with Gasteiger partial charge in [-0.3, -0.25) is 29.0 Å². The fourth-order valence-electron chi connectivity index (χ4n) is 7.04. The zero-order valence-electron chi connectivity index (χ0n) is 25.1. The summed E-state index contributed by atoms with van der Waals surface area (Å²) in [7, 11) is 0. The molecule has 6 heterocycles. The van der Waals surface area contributed by atoms with Crippen LogP contribution in [0.3, 0.4) is 0 Å². The Bertz CT molecular complexity index is 1910. The molecule has 4 aliphatic heterocycles. The van der Waals surface area contributed by atoms with Gasteiger partial charge < -0.3 is 9.80 Å². The Kier molecular flexibility index (Phi) is 6.82. The minimum Gasteiger partial charge on any atom is -0.367 e. The van der Waals surface area contributed by atoms with Crippen molar-refractivity contribution in [3.8, 4) is 0 Å². The van der Waals surface area contributed by atoms with E-state index in [4.69, 9.17) is 4.98 Å². The minimum atomic E-state index is -0.852. The molecule has 0 unspecified atom stereocenters. The number of benzene rings is 2. The summed E-state index contributed by atoms with van der Waals surface area (Å²) in [5.41, 5.74) is 2.21. The normalized spacial score (nSPS) is 19.9. The van der Waals surface area contributed by atoms with E-state index in [0.29, 0.717) is 29.8 Å². The minimum absolute atomic E-state index is 0.0422. The number of carbonyl (C=O) groups is 4. The van der Waals surface area contributed by atoms with Gasteiger partial charge in [0.15, 0.2) is 0 Å². The number of carbonyl (C=O) groups excluding carboxylic acids is 4. The molecular weight excluding hydrogens is 593 g/mol. The number of nitrogens with zero attached hydrogens (tertiary/aromatic N) is 8. The summed E-state index contributed by atoms with van der Waals surface area (Å²) >= 11 is 0. The number of para-hydroxylation sites is 2. The number of piperidine rings is 1. The molecule has 3 fully saturated rings. The molecule has 13 nitrogen and oxygen atoms in total. The first-order valence-corrected chi connectivity index (χ1v) is 15.6. The van der Waals surface area contributed by atoms with Crippen LogP contribution in [0.15, 0.2) is 48.7 Å². The molecule has 0 saturated carbocycles. The van der Waals surface area contributed by atoms with Crippen molar-refractivity contribution in [2.45, 2.75) is 19.3 Å². The molecule has 8 rings (SSSR count). The van der Waals surface area contributed by atoms with E-state index in [0.717, 1.165) is 73.5 Å². The molecule has 4 aliphatic rings. The first-order valence-electron chi connectivity index (χ1n) is 15.6. The molecule has 14 heteroatoms. The average Bonchev–Trinajstić information content (AvgIpc) is 3.55. The molecule has 2 aromatic heterocycles. The number of piperazine rings is 1. The second kappa shape index (κ2) is 11.1. The van der Waals surface area contributed by atoms with Crippen LogP contribution in [0, 0.1) is 11.7 Å². The lowest BCUT2D eigenvalue weighted by molar-refractivity contribution is -0.122. The number of hydrazine groups is 1. The molecule has 0 bridgehead atoms. The summed E-state index contributed by atoms with van der Waals surface area (Å²) in [5, 5.41) is 3.72. The Morgan fingerprint density at radius 2 is 1.57 bits per heavy atom. The van der Waals surface area contributed by atoms with E-state index < -0.39 is 29.6 Å². The van der Waals surface area contributed by atoms with Crippen LogP contribution in [0.5, 0.6) is 0 Å². The maximum absolute atomic E-state index is 15.3. The largest absolute Gasteiger partial charge is 0.367 e. The second-order valence-corrected chi connectivity index (χ2v) is 12.3. The Labute approximate surface area is 263 Å². The molecule has 0 aliphatic carbocycles. The molecule has 0 atom stereocenters. The van der Waals surface area contributed by atoms with Crippen molar-refractivity contribution in [1.29, 1.82) is 0 Å². The van der Waals surface area contributed by atoms with Gasteiger partial charge in [0.1, 0.15) is 11.6 Å². The molecule has 4 aromatic rings. The van der Waals surface area contributed by atoms with Crippen molar-refractivity contribution < 1.29 is 23.6 Å². The quantitative estimate of drug-likeness (QED) is 0.333. The summed E-state index contributed by atoms with van der Waals surface area (Å²) in [4.78, 5) is 66.2. The van der Waals surface area contributed by atoms with Crippen LogP contribution < -0.4 is 15.1 Å². The Hall–Kier alpha value is -5.11. The van der Waals surface area contributed by atoms with E-state index in [2.05, 4.69) is 26.2 Å². The Morgan fingerprint density at radius 3 is 2.33 bits per heavy atom. The van der Waals surface area contributed by atoms with E-state index in [1.54, 1.807) is 0 Å². The summed E-state index contributed by atoms with van der Waals surface area (Å²) in [6.07, 6.45) is 4.11. The van der Waals surface area contributed by atoms with Crippen LogP contribution in [0.1, 0.15) is 40.0 Å². The number of fused-ring (bicyclic) bond motifs is 4. The van der Waals surface area contributed by atoms with Crippen LogP contribution in [0.4, 0.5) is 20.7 Å². The van der Waals surface area contributed by atoms with E-state index in [-0.39, 0.29) is 29.8 Å². The predicted molar refractivity (Wildman–Crippen MR) is 166 cm³/mol. The average molecular weight is 626 g/mol. The standard InChI is InChI=1S/C32H32FN9O4/c33-23-17-21-22(30(45)42(29(21)44)41-12-8-28(43)36-32(41)46)18-26(23)38-15-13-37(14-16-38)19-20-5-9-39(10-6-20)27-7-11-40-25-4-2-1-3-24(25)34-31(40)35-27/h1-4,7,11,17-18,20H,5-6,8-10,12-16,19H2,(H,36,43,46). The summed E-state index contributed by atoms with van der Waals surface area (Å²) in [6.45, 7) is 5.38. The third-order valence-corrected chi connectivity index (χ3v) is 9.54. The van der Waals surface area contributed by atoms with E-state index in [9.17, 15) is 19.2 Å². The number of hydrogen-bond acceptors (Lipinski definition) is 9. The number of hydrogen-bond donors (Lipinski definition) is 1. The van der Waals surface area contributed by atoms with Crippen molar-refractivity contribution in [2.75, 3.05) is 62.2 Å². The molecule has 0 radical (unpaired) electrons. The topological polar surface area (TPSA) is 127 Å². The predicted octanol–water partition coefficient (Wildman–Crippen LogP) is 2.51. The number of amides is 5. The molecule has 46 heavy (non-hydrogen) atoms. The lowest BCUT2D eigenvalue weighted by atomic mass is 9.96. The first kappa shape index (κ1) is 28.4. The van der Waals surface area contributed by atoms with Gasteiger partial charge in [0.2, 0.25) is 11.7 Å². The van der Waals surface area contributed by atoms with Crippen LogP contribution in [-0.4, -0.2) is 105 Å². The van der Waals surface area contributed by atoms with Crippen molar-refractivity contribution in [3.05, 3.63) is 65.6 Å². The molecular formula is C32H32FN9O4. The van der Waals surface area contributed by atoms with Crippen molar-refractivity contribution in [3.63, 3.8) is 0 Å². The molecule has 2 aromatic carbocycles. The fraction of sp³-hybridized carbons (Fsp3) is 0.375. The zero-order valence-corrected chi connectivity index (χ0v) is 25.1. The molecule has 1 N–H and O–H groups in total. The third kappa shape index (κ3) is 4.80. The van der Waals surface area contributed by atoms with E-state index in [1.165, 1.54) is 6.07 Å². The van der Waals surface area contributed by atoms with Crippen LogP contribution in [0.25, 0.3) is 16.8 Å². The maximum Gasteiger partial charge on any atom is 0.343 e. The zero-order chi connectivity index (χ0) is 31.5. The second-order valence-electron chi connectivity index (χ2n) is 12.3. The SMILES string of the molecule is O=C1CCN(N2C(=O)c3cc(F)c(N4CCN(CC5CCN(c6ccn7c(n6)nc6ccccc67)CC5)CC4)cc3C2=O)C(=O)N1. The van der Waals surface area contributed by atoms with Gasteiger partial charge in [-0.15, -0.1) is 0 Å². The highest BCUT2D eigenvalue weighted by molar-refractivity contribution is 6.22. The van der Waals surface area contributed by atoms with Crippen molar-refractivity contribution in [1.82, 2.24) is 34.6 Å². The molecule has 3 saturated heterocycles. The highest BCUT2D eigenvalue weighted by atomic mass is 19.1. The lowest BCUT2D eigenvalue weighted by Gasteiger charge is -2.40. The fourth-order valence-corrected chi connectivity index (χ4v) is 7.04. The highest BCUT2D eigenvalue weighted by Gasteiger charge is 2.44. The number of halogens is 1. The monoisotopic (exact) mass is 625 g/mol. The Balaban J connectivity index is 0.871. The number of rotatable bonds is 5. The van der Waals surface area contributed by atoms with Crippen LogP contribution >= 0.6 is 0 Å². The van der Waals surface area contributed by atoms with Gasteiger partial charge in [-0.25, -0.2) is 19.2 Å². The maximum atomic E-state index is 15.3. The van der Waals surface area contributed by atoms with Gasteiger partial charge in [-0.1, -0.05) is 12.1 Å². The summed E-state index contributed by atoms with van der Waals surface area (Å²) in [6, 6.07) is 11.7. The van der Waals surface area contributed by atoms with Crippen LogP contribution in [0.2, 0.25) is 0 Å². The van der Waals surface area contributed by atoms with Gasteiger partial charge in [0.25, 0.3) is 11.8 Å². The molecule has 236 valence electrons. The Morgan fingerprint density at radius 1 is 0.826 bits per heavy atom. The lowest BCUT2D eigenvalue weighted by Crippen LogP contribution is -2.58.